The molecule has 0 N–H and O–H groups in total. The number of halogens is 1. The molecule has 0 saturated carbocycles. The Morgan fingerprint density at radius 3 is 2.59 bits per heavy atom. The molecule has 22 heavy (non-hydrogen) atoms. The zero-order valence-electron chi connectivity index (χ0n) is 12.2. The Morgan fingerprint density at radius 1 is 1.18 bits per heavy atom. The van der Waals surface area contributed by atoms with Crippen molar-refractivity contribution in [3.8, 4) is 11.3 Å². The van der Waals surface area contributed by atoms with Crippen LogP contribution in [0.25, 0.3) is 11.3 Å². The van der Waals surface area contributed by atoms with Gasteiger partial charge in [-0.15, -0.1) is 22.9 Å². The predicted molar refractivity (Wildman–Crippen MR) is 90.1 cm³/mol. The fourth-order valence-corrected chi connectivity index (χ4v) is 3.57. The topological polar surface area (TPSA) is 36.4 Å². The van der Waals surface area contributed by atoms with Crippen LogP contribution in [0.4, 0.5) is 0 Å². The van der Waals surface area contributed by atoms with Crippen LogP contribution in [0.15, 0.2) is 35.7 Å². The Labute approximate surface area is 139 Å². The highest BCUT2D eigenvalue weighted by molar-refractivity contribution is 7.09. The quantitative estimate of drug-likeness (QED) is 0.806. The molecule has 0 spiro atoms. The SMILES string of the molecule is O=C(CCl)N1CCN(Cc2nc(-c3ccccc3)cs2)CC1. The summed E-state index contributed by atoms with van der Waals surface area (Å²) in [6, 6.07) is 10.2. The van der Waals surface area contributed by atoms with Crippen molar-refractivity contribution in [2.75, 3.05) is 32.1 Å². The Morgan fingerprint density at radius 2 is 1.91 bits per heavy atom. The van der Waals surface area contributed by atoms with Gasteiger partial charge in [0, 0.05) is 37.1 Å². The molecule has 1 saturated heterocycles. The molecule has 116 valence electrons. The minimum absolute atomic E-state index is 0.0296. The van der Waals surface area contributed by atoms with E-state index in [0.29, 0.717) is 0 Å². The van der Waals surface area contributed by atoms with Crippen molar-refractivity contribution < 1.29 is 4.79 Å². The van der Waals surface area contributed by atoms with Crippen molar-refractivity contribution in [1.29, 1.82) is 0 Å². The molecular weight excluding hydrogens is 318 g/mol. The van der Waals surface area contributed by atoms with E-state index in [-0.39, 0.29) is 11.8 Å². The first-order valence-electron chi connectivity index (χ1n) is 7.32. The first-order chi connectivity index (χ1) is 10.8. The predicted octanol–water partition coefficient (Wildman–Crippen LogP) is 2.69. The van der Waals surface area contributed by atoms with Crippen LogP contribution in [-0.4, -0.2) is 52.8 Å². The van der Waals surface area contributed by atoms with E-state index in [0.717, 1.165) is 49.0 Å². The summed E-state index contributed by atoms with van der Waals surface area (Å²) in [7, 11) is 0. The number of alkyl halides is 1. The molecule has 1 aromatic carbocycles. The third kappa shape index (κ3) is 3.66. The molecule has 0 unspecified atom stereocenters. The Balaban J connectivity index is 1.57. The Hall–Kier alpha value is -1.43. The number of hydrogen-bond donors (Lipinski definition) is 0. The first kappa shape index (κ1) is 15.5. The smallest absolute Gasteiger partial charge is 0.237 e. The second kappa shape index (κ2) is 7.22. The summed E-state index contributed by atoms with van der Waals surface area (Å²) >= 11 is 7.29. The highest BCUT2D eigenvalue weighted by Gasteiger charge is 2.21. The largest absolute Gasteiger partial charge is 0.339 e. The number of aromatic nitrogens is 1. The molecule has 2 heterocycles. The van der Waals surface area contributed by atoms with E-state index in [2.05, 4.69) is 22.4 Å². The number of hydrogen-bond acceptors (Lipinski definition) is 4. The summed E-state index contributed by atoms with van der Waals surface area (Å²) in [5.41, 5.74) is 2.19. The van der Waals surface area contributed by atoms with Crippen molar-refractivity contribution in [3.63, 3.8) is 0 Å². The monoisotopic (exact) mass is 335 g/mol. The van der Waals surface area contributed by atoms with Gasteiger partial charge in [-0.25, -0.2) is 4.98 Å². The molecule has 0 atom stereocenters. The number of thiazole rings is 1. The molecule has 3 rings (SSSR count). The van der Waals surface area contributed by atoms with Crippen LogP contribution in [0, 0.1) is 0 Å². The van der Waals surface area contributed by atoms with E-state index in [1.165, 1.54) is 0 Å². The maximum Gasteiger partial charge on any atom is 0.237 e. The highest BCUT2D eigenvalue weighted by Crippen LogP contribution is 2.22. The minimum Gasteiger partial charge on any atom is -0.339 e. The fourth-order valence-electron chi connectivity index (χ4n) is 2.56. The summed E-state index contributed by atoms with van der Waals surface area (Å²) < 4.78 is 0. The average Bonchev–Trinajstić information content (AvgIpc) is 3.04. The van der Waals surface area contributed by atoms with E-state index < -0.39 is 0 Å². The van der Waals surface area contributed by atoms with Gasteiger partial charge in [-0.05, 0) is 0 Å². The van der Waals surface area contributed by atoms with Crippen LogP contribution < -0.4 is 0 Å². The summed E-state index contributed by atoms with van der Waals surface area (Å²) in [5, 5.41) is 3.23. The molecule has 1 aromatic heterocycles. The van der Waals surface area contributed by atoms with Gasteiger partial charge in [0.15, 0.2) is 0 Å². The molecule has 4 nitrogen and oxygen atoms in total. The van der Waals surface area contributed by atoms with Crippen molar-refractivity contribution in [3.05, 3.63) is 40.7 Å². The van der Waals surface area contributed by atoms with Gasteiger partial charge in [0.1, 0.15) is 10.9 Å². The van der Waals surface area contributed by atoms with Crippen LogP contribution in [0.2, 0.25) is 0 Å². The molecule has 1 aliphatic rings. The minimum atomic E-state index is 0.0296. The third-order valence-corrected chi connectivity index (χ3v) is 4.88. The molecule has 0 radical (unpaired) electrons. The van der Waals surface area contributed by atoms with E-state index in [1.807, 2.05) is 23.1 Å². The van der Waals surface area contributed by atoms with Gasteiger partial charge >= 0.3 is 0 Å². The van der Waals surface area contributed by atoms with Gasteiger partial charge < -0.3 is 4.90 Å². The van der Waals surface area contributed by atoms with Crippen molar-refractivity contribution in [2.45, 2.75) is 6.54 Å². The molecule has 2 aromatic rings. The molecule has 0 bridgehead atoms. The van der Waals surface area contributed by atoms with Crippen LogP contribution in [0.1, 0.15) is 5.01 Å². The van der Waals surface area contributed by atoms with E-state index >= 15 is 0 Å². The van der Waals surface area contributed by atoms with E-state index in [4.69, 9.17) is 16.6 Å². The van der Waals surface area contributed by atoms with Crippen LogP contribution in [-0.2, 0) is 11.3 Å². The Bertz CT molecular complexity index is 623. The van der Waals surface area contributed by atoms with Gasteiger partial charge in [0.05, 0.1) is 12.2 Å². The van der Waals surface area contributed by atoms with Gasteiger partial charge in [-0.3, -0.25) is 9.69 Å². The summed E-state index contributed by atoms with van der Waals surface area (Å²) in [6.07, 6.45) is 0. The van der Waals surface area contributed by atoms with E-state index in [1.54, 1.807) is 11.3 Å². The lowest BCUT2D eigenvalue weighted by atomic mass is 10.2. The maximum absolute atomic E-state index is 11.6. The fraction of sp³-hybridized carbons (Fsp3) is 0.375. The van der Waals surface area contributed by atoms with Gasteiger partial charge in [0.2, 0.25) is 5.91 Å². The standard InChI is InChI=1S/C16H18ClN3OS/c17-10-16(21)20-8-6-19(7-9-20)11-15-18-14(12-22-15)13-4-2-1-3-5-13/h1-5,12H,6-11H2. The number of carbonyl (C=O) groups is 1. The number of nitrogens with zero attached hydrogens (tertiary/aromatic N) is 3. The van der Waals surface area contributed by atoms with Gasteiger partial charge in [-0.2, -0.15) is 0 Å². The lowest BCUT2D eigenvalue weighted by Crippen LogP contribution is -2.48. The number of carbonyl (C=O) groups excluding carboxylic acids is 1. The van der Waals surface area contributed by atoms with Crippen LogP contribution in [0.3, 0.4) is 0 Å². The zero-order valence-corrected chi connectivity index (χ0v) is 13.8. The number of rotatable bonds is 4. The summed E-state index contributed by atoms with van der Waals surface area (Å²) in [6.45, 7) is 4.11. The van der Waals surface area contributed by atoms with Crippen LogP contribution >= 0.6 is 22.9 Å². The van der Waals surface area contributed by atoms with Crippen LogP contribution in [0.5, 0.6) is 0 Å². The third-order valence-electron chi connectivity index (χ3n) is 3.82. The number of piperazine rings is 1. The van der Waals surface area contributed by atoms with Gasteiger partial charge in [-0.1, -0.05) is 30.3 Å². The van der Waals surface area contributed by atoms with Crippen molar-refractivity contribution >= 4 is 28.8 Å². The Kier molecular flexibility index (Phi) is 5.08. The summed E-state index contributed by atoms with van der Waals surface area (Å²) in [4.78, 5) is 20.5. The number of amides is 1. The van der Waals surface area contributed by atoms with E-state index in [9.17, 15) is 4.79 Å². The normalized spacial score (nSPS) is 16.0. The molecule has 1 amide bonds. The van der Waals surface area contributed by atoms with Crippen molar-refractivity contribution in [2.24, 2.45) is 0 Å². The van der Waals surface area contributed by atoms with Crippen molar-refractivity contribution in [1.82, 2.24) is 14.8 Å². The van der Waals surface area contributed by atoms with Gasteiger partial charge in [0.25, 0.3) is 0 Å². The zero-order chi connectivity index (χ0) is 15.4. The maximum atomic E-state index is 11.6. The second-order valence-electron chi connectivity index (χ2n) is 5.28. The molecule has 6 heteroatoms. The number of benzene rings is 1. The molecule has 1 fully saturated rings. The lowest BCUT2D eigenvalue weighted by molar-refractivity contribution is -0.130. The first-order valence-corrected chi connectivity index (χ1v) is 8.73. The average molecular weight is 336 g/mol. The summed E-state index contributed by atoms with van der Waals surface area (Å²) in [5.74, 6) is 0.106. The second-order valence-corrected chi connectivity index (χ2v) is 6.49. The molecule has 1 aliphatic heterocycles. The molecular formula is C16H18ClN3OS. The molecule has 0 aliphatic carbocycles. The lowest BCUT2D eigenvalue weighted by Gasteiger charge is -2.33. The highest BCUT2D eigenvalue weighted by atomic mass is 35.5.